The van der Waals surface area contributed by atoms with E-state index in [2.05, 4.69) is 4.99 Å². The number of nitrogens with zero attached hydrogens (tertiary/aromatic N) is 1. The van der Waals surface area contributed by atoms with Gasteiger partial charge in [0.05, 0.1) is 21.5 Å². The Bertz CT molecular complexity index is 591. The second kappa shape index (κ2) is 4.96. The van der Waals surface area contributed by atoms with E-state index in [1.807, 2.05) is 0 Å². The van der Waals surface area contributed by atoms with Crippen molar-refractivity contribution in [3.8, 4) is 5.75 Å². The largest absolute Gasteiger partial charge is 0.508 e. The van der Waals surface area contributed by atoms with Crippen LogP contribution in [0.25, 0.3) is 0 Å². The molecule has 1 aliphatic carbocycles. The van der Waals surface area contributed by atoms with Crippen LogP contribution in [0.2, 0.25) is 0 Å². The second-order valence-corrected chi connectivity index (χ2v) is 4.64. The molecule has 1 aromatic rings. The highest BCUT2D eigenvalue weighted by molar-refractivity contribution is 6.57. The standard InChI is InChI=1S/C13H9Cl2NO2/c1-7-4-8(2-3-12(7)17)16-9-5-10(14)13(18)11(15)6-9/h2-6,17H,1H3. The fourth-order valence-corrected chi connectivity index (χ4v) is 1.94. The number of carbonyl (C=O) groups excluding carboxylic acids is 1. The monoisotopic (exact) mass is 281 g/mol. The van der Waals surface area contributed by atoms with Gasteiger partial charge >= 0.3 is 0 Å². The number of benzene rings is 1. The molecule has 2 rings (SSSR count). The zero-order chi connectivity index (χ0) is 13.3. The molecule has 1 aliphatic rings. The van der Waals surface area contributed by atoms with Gasteiger partial charge in [0.15, 0.2) is 0 Å². The number of phenolic OH excluding ortho intramolecular Hbond substituents is 1. The van der Waals surface area contributed by atoms with E-state index in [9.17, 15) is 9.90 Å². The molecule has 0 saturated carbocycles. The zero-order valence-electron chi connectivity index (χ0n) is 9.45. The van der Waals surface area contributed by atoms with Gasteiger partial charge in [-0.1, -0.05) is 23.2 Å². The van der Waals surface area contributed by atoms with Crippen molar-refractivity contribution in [2.75, 3.05) is 0 Å². The van der Waals surface area contributed by atoms with Crippen LogP contribution in [-0.4, -0.2) is 16.6 Å². The van der Waals surface area contributed by atoms with Crippen molar-refractivity contribution in [3.63, 3.8) is 0 Å². The molecule has 3 nitrogen and oxygen atoms in total. The van der Waals surface area contributed by atoms with E-state index in [4.69, 9.17) is 23.2 Å². The number of halogens is 2. The Morgan fingerprint density at radius 2 is 1.78 bits per heavy atom. The number of hydrogen-bond acceptors (Lipinski definition) is 3. The van der Waals surface area contributed by atoms with Crippen molar-refractivity contribution in [1.82, 2.24) is 0 Å². The molecule has 1 N–H and O–H groups in total. The molecule has 5 heteroatoms. The Labute approximate surface area is 114 Å². The van der Waals surface area contributed by atoms with Gasteiger partial charge in [-0.2, -0.15) is 0 Å². The first kappa shape index (κ1) is 12.9. The predicted molar refractivity (Wildman–Crippen MR) is 72.8 cm³/mol. The lowest BCUT2D eigenvalue weighted by Crippen LogP contribution is -2.07. The predicted octanol–water partition coefficient (Wildman–Crippen LogP) is 3.60. The number of rotatable bonds is 1. The van der Waals surface area contributed by atoms with Gasteiger partial charge in [0.25, 0.3) is 0 Å². The Kier molecular flexibility index (Phi) is 3.55. The number of carbonyl (C=O) groups is 1. The van der Waals surface area contributed by atoms with Crippen LogP contribution in [0.15, 0.2) is 45.4 Å². The molecule has 0 atom stereocenters. The summed E-state index contributed by atoms with van der Waals surface area (Å²) in [7, 11) is 0. The normalized spacial score (nSPS) is 15.3. The van der Waals surface area contributed by atoms with Crippen LogP contribution in [0.5, 0.6) is 5.75 Å². The highest BCUT2D eigenvalue weighted by atomic mass is 35.5. The lowest BCUT2D eigenvalue weighted by Gasteiger charge is -2.06. The Morgan fingerprint density at radius 3 is 2.33 bits per heavy atom. The number of Topliss-reactive ketones (excluding diaryl/α,β-unsaturated/α-hetero) is 1. The molecule has 0 heterocycles. The summed E-state index contributed by atoms with van der Waals surface area (Å²) in [6.07, 6.45) is 2.91. The van der Waals surface area contributed by atoms with E-state index in [-0.39, 0.29) is 15.8 Å². The van der Waals surface area contributed by atoms with Crippen LogP contribution in [-0.2, 0) is 4.79 Å². The van der Waals surface area contributed by atoms with E-state index >= 15 is 0 Å². The summed E-state index contributed by atoms with van der Waals surface area (Å²) in [5.74, 6) is -0.195. The first-order valence-electron chi connectivity index (χ1n) is 5.15. The van der Waals surface area contributed by atoms with Crippen molar-refractivity contribution >= 4 is 40.4 Å². The number of hydrogen-bond donors (Lipinski definition) is 1. The quantitative estimate of drug-likeness (QED) is 0.800. The minimum atomic E-state index is -0.404. The van der Waals surface area contributed by atoms with E-state index in [1.165, 1.54) is 12.2 Å². The SMILES string of the molecule is Cc1cc(N=C2C=C(Cl)C(=O)C(Cl)=C2)ccc1O. The Morgan fingerprint density at radius 1 is 1.17 bits per heavy atom. The van der Waals surface area contributed by atoms with Gasteiger partial charge < -0.3 is 5.11 Å². The molecular formula is C13H9Cl2NO2. The van der Waals surface area contributed by atoms with Crippen molar-refractivity contribution < 1.29 is 9.90 Å². The van der Waals surface area contributed by atoms with Crippen molar-refractivity contribution in [2.45, 2.75) is 6.92 Å². The first-order chi connectivity index (χ1) is 8.47. The van der Waals surface area contributed by atoms with Crippen LogP contribution in [0, 0.1) is 6.92 Å². The molecule has 0 fully saturated rings. The summed E-state index contributed by atoms with van der Waals surface area (Å²) in [5, 5.41) is 9.49. The summed E-state index contributed by atoms with van der Waals surface area (Å²) >= 11 is 11.5. The molecule has 92 valence electrons. The summed E-state index contributed by atoms with van der Waals surface area (Å²) < 4.78 is 0. The fraction of sp³-hybridized carbons (Fsp3) is 0.0769. The first-order valence-corrected chi connectivity index (χ1v) is 5.90. The number of aryl methyl sites for hydroxylation is 1. The third-order valence-corrected chi connectivity index (χ3v) is 2.98. The van der Waals surface area contributed by atoms with Gasteiger partial charge in [-0.05, 0) is 42.8 Å². The average Bonchev–Trinajstić information content (AvgIpc) is 2.31. The number of ketones is 1. The van der Waals surface area contributed by atoms with Crippen molar-refractivity contribution in [1.29, 1.82) is 0 Å². The van der Waals surface area contributed by atoms with Crippen LogP contribution >= 0.6 is 23.2 Å². The van der Waals surface area contributed by atoms with Gasteiger partial charge in [0.2, 0.25) is 5.78 Å². The maximum absolute atomic E-state index is 11.3. The van der Waals surface area contributed by atoms with Gasteiger partial charge in [-0.3, -0.25) is 4.79 Å². The second-order valence-electron chi connectivity index (χ2n) is 3.82. The minimum absolute atomic E-state index is 0.0387. The maximum Gasteiger partial charge on any atom is 0.215 e. The molecule has 0 unspecified atom stereocenters. The summed E-state index contributed by atoms with van der Waals surface area (Å²) in [6.45, 7) is 1.77. The van der Waals surface area contributed by atoms with Crippen molar-refractivity contribution in [3.05, 3.63) is 46.0 Å². The molecule has 18 heavy (non-hydrogen) atoms. The average molecular weight is 282 g/mol. The van der Waals surface area contributed by atoms with E-state index in [0.717, 1.165) is 0 Å². The molecule has 0 bridgehead atoms. The Hall–Kier alpha value is -1.58. The third kappa shape index (κ3) is 2.63. The van der Waals surface area contributed by atoms with Gasteiger partial charge in [-0.15, -0.1) is 0 Å². The van der Waals surface area contributed by atoms with Gasteiger partial charge in [0.1, 0.15) is 5.75 Å². The molecule has 0 radical (unpaired) electrons. The maximum atomic E-state index is 11.3. The molecule has 0 spiro atoms. The number of aliphatic imine (C=N–C) groups is 1. The molecular weight excluding hydrogens is 273 g/mol. The van der Waals surface area contributed by atoms with Gasteiger partial charge in [-0.25, -0.2) is 4.99 Å². The van der Waals surface area contributed by atoms with E-state index < -0.39 is 5.78 Å². The van der Waals surface area contributed by atoms with E-state index in [1.54, 1.807) is 25.1 Å². The number of allylic oxidation sites excluding steroid dienone is 4. The topological polar surface area (TPSA) is 49.7 Å². The summed E-state index contributed by atoms with van der Waals surface area (Å²) in [4.78, 5) is 15.6. The fourth-order valence-electron chi connectivity index (χ4n) is 1.47. The number of phenols is 1. The molecule has 0 saturated heterocycles. The Balaban J connectivity index is 2.40. The zero-order valence-corrected chi connectivity index (χ0v) is 11.0. The minimum Gasteiger partial charge on any atom is -0.508 e. The third-order valence-electron chi connectivity index (χ3n) is 2.42. The summed E-state index contributed by atoms with van der Waals surface area (Å²) in [6, 6.07) is 4.94. The van der Waals surface area contributed by atoms with Crippen LogP contribution < -0.4 is 0 Å². The van der Waals surface area contributed by atoms with Gasteiger partial charge in [0, 0.05) is 0 Å². The molecule has 0 aromatic heterocycles. The van der Waals surface area contributed by atoms with Crippen molar-refractivity contribution in [2.24, 2.45) is 4.99 Å². The molecule has 1 aromatic carbocycles. The highest BCUT2D eigenvalue weighted by Crippen LogP contribution is 2.25. The highest BCUT2D eigenvalue weighted by Gasteiger charge is 2.17. The van der Waals surface area contributed by atoms with E-state index in [0.29, 0.717) is 17.0 Å². The lowest BCUT2D eigenvalue weighted by molar-refractivity contribution is -0.111. The van der Waals surface area contributed by atoms with Crippen LogP contribution in [0.4, 0.5) is 5.69 Å². The smallest absolute Gasteiger partial charge is 0.215 e. The summed E-state index contributed by atoms with van der Waals surface area (Å²) in [5.41, 5.74) is 1.86. The van der Waals surface area contributed by atoms with Crippen LogP contribution in [0.3, 0.4) is 0 Å². The lowest BCUT2D eigenvalue weighted by atomic mass is 10.1. The molecule has 0 aliphatic heterocycles. The van der Waals surface area contributed by atoms with Crippen LogP contribution in [0.1, 0.15) is 5.56 Å². The molecule has 0 amide bonds. The number of aromatic hydroxyl groups is 1.